The van der Waals surface area contributed by atoms with E-state index in [0.717, 1.165) is 17.0 Å². The highest BCUT2D eigenvalue weighted by Gasteiger charge is 2.18. The number of ketones is 1. The average molecular weight is 433 g/mol. The number of carbonyl (C=O) groups excluding carboxylic acids is 2. The third-order valence-corrected chi connectivity index (χ3v) is 5.18. The van der Waals surface area contributed by atoms with Crippen molar-refractivity contribution in [3.63, 3.8) is 0 Å². The fourth-order valence-corrected chi connectivity index (χ4v) is 3.42. The van der Waals surface area contributed by atoms with Gasteiger partial charge >= 0.3 is 5.97 Å². The number of rotatable bonds is 7. The summed E-state index contributed by atoms with van der Waals surface area (Å²) in [4.78, 5) is 25.1. The van der Waals surface area contributed by atoms with Gasteiger partial charge in [0.1, 0.15) is 12.1 Å². The van der Waals surface area contributed by atoms with Crippen LogP contribution in [0.3, 0.4) is 0 Å². The monoisotopic (exact) mass is 433 g/mol. The Balaban J connectivity index is 1.40. The first-order chi connectivity index (χ1) is 15.4. The summed E-state index contributed by atoms with van der Waals surface area (Å²) in [7, 11) is 0. The van der Waals surface area contributed by atoms with Gasteiger partial charge in [0.25, 0.3) is 0 Å². The Morgan fingerprint density at radius 1 is 1.03 bits per heavy atom. The number of aryl methyl sites for hydroxylation is 1. The highest BCUT2D eigenvalue weighted by molar-refractivity contribution is 6.00. The molecule has 8 nitrogen and oxygen atoms in total. The second kappa shape index (κ2) is 8.93. The summed E-state index contributed by atoms with van der Waals surface area (Å²) < 4.78 is 21.8. The largest absolute Gasteiger partial charge is 0.454 e. The lowest BCUT2D eigenvalue weighted by Gasteiger charge is -2.10. The van der Waals surface area contributed by atoms with Gasteiger partial charge in [0, 0.05) is 23.5 Å². The minimum Gasteiger partial charge on any atom is -0.454 e. The van der Waals surface area contributed by atoms with Crippen molar-refractivity contribution in [3.8, 4) is 5.69 Å². The van der Waals surface area contributed by atoms with Crippen LogP contribution in [-0.4, -0.2) is 43.1 Å². The molecule has 0 unspecified atom stereocenters. The summed E-state index contributed by atoms with van der Waals surface area (Å²) >= 11 is 0. The normalized spacial score (nSPS) is 10.8. The van der Waals surface area contributed by atoms with Gasteiger partial charge in [-0.25, -0.2) is 13.9 Å². The van der Waals surface area contributed by atoms with E-state index in [1.807, 2.05) is 18.4 Å². The van der Waals surface area contributed by atoms with E-state index in [1.54, 1.807) is 42.5 Å². The molecule has 0 saturated heterocycles. The van der Waals surface area contributed by atoms with Crippen molar-refractivity contribution in [1.82, 2.24) is 24.8 Å². The van der Waals surface area contributed by atoms with E-state index in [4.69, 9.17) is 4.74 Å². The van der Waals surface area contributed by atoms with Crippen molar-refractivity contribution >= 4 is 11.8 Å². The smallest absolute Gasteiger partial charge is 0.338 e. The third kappa shape index (κ3) is 4.46. The standard InChI is InChI=1S/C23H20FN5O3/c1-15-11-21(16(2)28(15)12-17-3-7-19(24)8-4-17)22(30)13-32-23(31)18-5-9-20(10-6-18)29-14-25-26-27-29/h3-11,14H,12-13H2,1-2H3. The highest BCUT2D eigenvalue weighted by atomic mass is 19.1. The molecule has 0 fully saturated rings. The van der Waals surface area contributed by atoms with E-state index in [2.05, 4.69) is 15.5 Å². The van der Waals surface area contributed by atoms with E-state index in [0.29, 0.717) is 23.4 Å². The average Bonchev–Trinajstić information content (AvgIpc) is 3.43. The molecule has 0 saturated carbocycles. The van der Waals surface area contributed by atoms with Gasteiger partial charge in [-0.05, 0) is 72.3 Å². The molecule has 2 heterocycles. The first-order valence-electron chi connectivity index (χ1n) is 9.87. The number of esters is 1. The van der Waals surface area contributed by atoms with Crippen molar-refractivity contribution < 1.29 is 18.7 Å². The lowest BCUT2D eigenvalue weighted by molar-refractivity contribution is 0.0474. The number of tetrazole rings is 1. The van der Waals surface area contributed by atoms with Gasteiger partial charge in [-0.2, -0.15) is 0 Å². The minimum absolute atomic E-state index is 0.290. The van der Waals surface area contributed by atoms with Crippen molar-refractivity contribution in [3.05, 3.63) is 94.8 Å². The number of hydrogen-bond acceptors (Lipinski definition) is 6. The molecule has 0 aliphatic rings. The zero-order valence-corrected chi connectivity index (χ0v) is 17.5. The predicted molar refractivity (Wildman–Crippen MR) is 113 cm³/mol. The van der Waals surface area contributed by atoms with E-state index in [-0.39, 0.29) is 18.2 Å². The molecular weight excluding hydrogens is 413 g/mol. The van der Waals surface area contributed by atoms with E-state index in [9.17, 15) is 14.0 Å². The molecule has 4 rings (SSSR count). The van der Waals surface area contributed by atoms with Crippen LogP contribution in [0.25, 0.3) is 5.69 Å². The summed E-state index contributed by atoms with van der Waals surface area (Å²) in [5, 5.41) is 10.9. The molecule has 0 radical (unpaired) electrons. The molecule has 32 heavy (non-hydrogen) atoms. The molecule has 0 atom stereocenters. The third-order valence-electron chi connectivity index (χ3n) is 5.18. The van der Waals surface area contributed by atoms with Crippen LogP contribution in [-0.2, 0) is 11.3 Å². The fourth-order valence-electron chi connectivity index (χ4n) is 3.42. The van der Waals surface area contributed by atoms with E-state index >= 15 is 0 Å². The Bertz CT molecular complexity index is 1250. The van der Waals surface area contributed by atoms with Crippen LogP contribution in [0.4, 0.5) is 4.39 Å². The zero-order valence-electron chi connectivity index (χ0n) is 17.5. The molecule has 162 valence electrons. The number of Topliss-reactive ketones (excluding diaryl/α,β-unsaturated/α-hetero) is 1. The van der Waals surface area contributed by atoms with Crippen molar-refractivity contribution in [2.45, 2.75) is 20.4 Å². The Morgan fingerprint density at radius 2 is 1.75 bits per heavy atom. The van der Waals surface area contributed by atoms with Crippen molar-refractivity contribution in [1.29, 1.82) is 0 Å². The molecule has 9 heteroatoms. The molecule has 2 aromatic heterocycles. The van der Waals surface area contributed by atoms with Gasteiger partial charge in [0.2, 0.25) is 5.78 Å². The van der Waals surface area contributed by atoms with Crippen molar-refractivity contribution in [2.75, 3.05) is 6.61 Å². The molecule has 2 aromatic carbocycles. The molecule has 0 amide bonds. The number of benzene rings is 2. The Labute approximate surface area is 183 Å². The second-order valence-electron chi connectivity index (χ2n) is 7.30. The number of ether oxygens (including phenoxy) is 1. The maximum absolute atomic E-state index is 13.1. The molecule has 0 spiro atoms. The van der Waals surface area contributed by atoms with Crippen LogP contribution in [0.2, 0.25) is 0 Å². The molecule has 0 aliphatic carbocycles. The van der Waals surface area contributed by atoms with Crippen LogP contribution < -0.4 is 0 Å². The number of hydrogen-bond donors (Lipinski definition) is 0. The van der Waals surface area contributed by atoms with Crippen LogP contribution in [0, 0.1) is 19.7 Å². The van der Waals surface area contributed by atoms with Gasteiger partial charge in [0.05, 0.1) is 11.3 Å². The van der Waals surface area contributed by atoms with Crippen molar-refractivity contribution in [2.24, 2.45) is 0 Å². The number of aromatic nitrogens is 5. The maximum Gasteiger partial charge on any atom is 0.338 e. The SMILES string of the molecule is Cc1cc(C(=O)COC(=O)c2ccc(-n3cnnn3)cc2)c(C)n1Cc1ccc(F)cc1. The molecule has 0 aliphatic heterocycles. The summed E-state index contributed by atoms with van der Waals surface area (Å²) in [6, 6.07) is 14.5. The van der Waals surface area contributed by atoms with Gasteiger partial charge in [-0.15, -0.1) is 5.10 Å². The lowest BCUT2D eigenvalue weighted by atomic mass is 10.1. The predicted octanol–water partition coefficient (Wildman–Crippen LogP) is 3.31. The van der Waals surface area contributed by atoms with Crippen LogP contribution in [0.1, 0.15) is 37.7 Å². The Hall–Kier alpha value is -4.14. The zero-order chi connectivity index (χ0) is 22.7. The number of carbonyl (C=O) groups is 2. The Morgan fingerprint density at radius 3 is 2.41 bits per heavy atom. The summed E-state index contributed by atoms with van der Waals surface area (Å²) in [6.45, 7) is 3.88. The van der Waals surface area contributed by atoms with E-state index < -0.39 is 5.97 Å². The number of nitrogens with zero attached hydrogens (tertiary/aromatic N) is 5. The van der Waals surface area contributed by atoms with Crippen LogP contribution in [0.15, 0.2) is 60.9 Å². The topological polar surface area (TPSA) is 91.9 Å². The first-order valence-corrected chi connectivity index (χ1v) is 9.87. The first kappa shape index (κ1) is 21.1. The van der Waals surface area contributed by atoms with E-state index in [1.165, 1.54) is 23.1 Å². The van der Waals surface area contributed by atoms with Crippen LogP contribution in [0.5, 0.6) is 0 Å². The quantitative estimate of drug-likeness (QED) is 0.328. The summed E-state index contributed by atoms with van der Waals surface area (Å²) in [5.74, 6) is -1.18. The van der Waals surface area contributed by atoms with Gasteiger partial charge in [-0.1, -0.05) is 12.1 Å². The fraction of sp³-hybridized carbons (Fsp3) is 0.174. The lowest BCUT2D eigenvalue weighted by Crippen LogP contribution is -2.15. The summed E-state index contributed by atoms with van der Waals surface area (Å²) in [6.07, 6.45) is 1.44. The number of halogens is 1. The second-order valence-corrected chi connectivity index (χ2v) is 7.30. The van der Waals surface area contributed by atoms with Gasteiger partial charge in [-0.3, -0.25) is 4.79 Å². The molecular formula is C23H20FN5O3. The minimum atomic E-state index is -0.596. The molecule has 0 N–H and O–H groups in total. The van der Waals surface area contributed by atoms with Gasteiger partial charge < -0.3 is 9.30 Å². The van der Waals surface area contributed by atoms with Gasteiger partial charge in [0.15, 0.2) is 6.61 Å². The Kier molecular flexibility index (Phi) is 5.89. The molecule has 0 bridgehead atoms. The van der Waals surface area contributed by atoms with Crippen LogP contribution >= 0.6 is 0 Å². The maximum atomic E-state index is 13.1. The summed E-state index contributed by atoms with van der Waals surface area (Å²) in [5.41, 5.74) is 4.07. The molecule has 4 aromatic rings. The highest BCUT2D eigenvalue weighted by Crippen LogP contribution is 2.18.